The standard InChI is InChI=1S/C13H14BrFO/c1-4-7-13(3,15)10-5-6-11(9(2)16)12(14)8-10/h4-6,8H,1,7H2,2-3H3. The second-order valence-corrected chi connectivity index (χ2v) is 4.80. The van der Waals surface area contributed by atoms with Gasteiger partial charge in [-0.3, -0.25) is 4.79 Å². The number of alkyl halides is 1. The first kappa shape index (κ1) is 13.1. The number of rotatable bonds is 4. The Bertz CT molecular complexity index is 424. The molecule has 0 bridgehead atoms. The zero-order valence-corrected chi connectivity index (χ0v) is 11.0. The zero-order valence-electron chi connectivity index (χ0n) is 9.39. The molecule has 0 aromatic heterocycles. The molecule has 0 N–H and O–H groups in total. The van der Waals surface area contributed by atoms with Crippen molar-refractivity contribution < 1.29 is 9.18 Å². The smallest absolute Gasteiger partial charge is 0.160 e. The molecule has 1 aromatic carbocycles. The Hall–Kier alpha value is -0.960. The van der Waals surface area contributed by atoms with Gasteiger partial charge in [-0.15, -0.1) is 6.58 Å². The number of allylic oxidation sites excluding steroid dienone is 1. The van der Waals surface area contributed by atoms with Crippen LogP contribution in [0.15, 0.2) is 35.3 Å². The molecule has 1 atom stereocenters. The molecule has 1 aromatic rings. The summed E-state index contributed by atoms with van der Waals surface area (Å²) in [5.41, 5.74) is -0.331. The second-order valence-electron chi connectivity index (χ2n) is 3.94. The van der Waals surface area contributed by atoms with Crippen molar-refractivity contribution in [3.63, 3.8) is 0 Å². The van der Waals surface area contributed by atoms with Crippen LogP contribution in [0.1, 0.15) is 36.2 Å². The number of halogens is 2. The van der Waals surface area contributed by atoms with E-state index in [4.69, 9.17) is 0 Å². The van der Waals surface area contributed by atoms with Crippen LogP contribution >= 0.6 is 15.9 Å². The van der Waals surface area contributed by atoms with Gasteiger partial charge in [-0.25, -0.2) is 4.39 Å². The summed E-state index contributed by atoms with van der Waals surface area (Å²) in [5, 5.41) is 0. The first-order valence-corrected chi connectivity index (χ1v) is 5.78. The van der Waals surface area contributed by atoms with Crippen molar-refractivity contribution >= 4 is 21.7 Å². The first-order valence-electron chi connectivity index (χ1n) is 4.99. The van der Waals surface area contributed by atoms with E-state index >= 15 is 0 Å². The molecule has 0 saturated carbocycles. The molecular weight excluding hydrogens is 271 g/mol. The normalized spacial score (nSPS) is 14.2. The SMILES string of the molecule is C=CCC(C)(F)c1ccc(C(C)=O)c(Br)c1. The summed E-state index contributed by atoms with van der Waals surface area (Å²) in [6.07, 6.45) is 1.80. The van der Waals surface area contributed by atoms with Crippen molar-refractivity contribution in [2.75, 3.05) is 0 Å². The van der Waals surface area contributed by atoms with Crippen molar-refractivity contribution in [3.8, 4) is 0 Å². The number of carbonyl (C=O) groups excluding carboxylic acids is 1. The minimum Gasteiger partial charge on any atom is -0.294 e. The third kappa shape index (κ3) is 2.79. The highest BCUT2D eigenvalue weighted by molar-refractivity contribution is 9.10. The van der Waals surface area contributed by atoms with Crippen LogP contribution in [0.25, 0.3) is 0 Å². The third-order valence-corrected chi connectivity index (χ3v) is 3.13. The lowest BCUT2D eigenvalue weighted by molar-refractivity contribution is 0.101. The summed E-state index contributed by atoms with van der Waals surface area (Å²) in [6, 6.07) is 4.94. The molecule has 0 aliphatic rings. The molecule has 1 rings (SSSR count). The fourth-order valence-electron chi connectivity index (χ4n) is 1.51. The van der Waals surface area contributed by atoms with Gasteiger partial charge in [-0.2, -0.15) is 0 Å². The molecule has 0 saturated heterocycles. The molecule has 0 radical (unpaired) electrons. The van der Waals surface area contributed by atoms with Crippen molar-refractivity contribution in [1.82, 2.24) is 0 Å². The van der Waals surface area contributed by atoms with Crippen molar-refractivity contribution in [2.45, 2.75) is 25.9 Å². The van der Waals surface area contributed by atoms with Crippen LogP contribution in [0.4, 0.5) is 4.39 Å². The minimum absolute atomic E-state index is 0.0392. The van der Waals surface area contributed by atoms with E-state index in [-0.39, 0.29) is 12.2 Å². The monoisotopic (exact) mass is 284 g/mol. The molecule has 0 aliphatic carbocycles. The number of ketones is 1. The highest BCUT2D eigenvalue weighted by atomic mass is 79.9. The van der Waals surface area contributed by atoms with E-state index in [0.29, 0.717) is 15.6 Å². The predicted octanol–water partition coefficient (Wildman–Crippen LogP) is 4.41. The Morgan fingerprint density at radius 3 is 2.69 bits per heavy atom. The van der Waals surface area contributed by atoms with Gasteiger partial charge in [0.25, 0.3) is 0 Å². The van der Waals surface area contributed by atoms with Gasteiger partial charge in [0.05, 0.1) is 0 Å². The zero-order chi connectivity index (χ0) is 12.3. The van der Waals surface area contributed by atoms with Gasteiger partial charge in [0, 0.05) is 16.5 Å². The molecular formula is C13H14BrFO. The summed E-state index contributed by atoms with van der Waals surface area (Å²) in [5.74, 6) is -0.0392. The maximum absolute atomic E-state index is 14.2. The van der Waals surface area contributed by atoms with Crippen LogP contribution in [0.2, 0.25) is 0 Å². The third-order valence-electron chi connectivity index (χ3n) is 2.48. The van der Waals surface area contributed by atoms with Crippen LogP contribution < -0.4 is 0 Å². The topological polar surface area (TPSA) is 17.1 Å². The Morgan fingerprint density at radius 1 is 1.62 bits per heavy atom. The molecule has 0 heterocycles. The largest absolute Gasteiger partial charge is 0.294 e. The van der Waals surface area contributed by atoms with Crippen molar-refractivity contribution in [2.24, 2.45) is 0 Å². The van der Waals surface area contributed by atoms with Gasteiger partial charge < -0.3 is 0 Å². The van der Waals surface area contributed by atoms with E-state index in [1.54, 1.807) is 24.3 Å². The first-order chi connectivity index (χ1) is 7.38. The highest BCUT2D eigenvalue weighted by Crippen LogP contribution is 2.32. The molecule has 1 unspecified atom stereocenters. The van der Waals surface area contributed by atoms with E-state index in [1.165, 1.54) is 13.8 Å². The molecule has 0 amide bonds. The highest BCUT2D eigenvalue weighted by Gasteiger charge is 2.24. The second kappa shape index (κ2) is 4.91. The van der Waals surface area contributed by atoms with Gasteiger partial charge in [-0.1, -0.05) is 28.1 Å². The fourth-order valence-corrected chi connectivity index (χ4v) is 2.17. The Kier molecular flexibility index (Phi) is 4.03. The molecule has 3 heteroatoms. The van der Waals surface area contributed by atoms with E-state index in [0.717, 1.165) is 0 Å². The van der Waals surface area contributed by atoms with Crippen LogP contribution in [0, 0.1) is 0 Å². The average Bonchev–Trinajstić information content (AvgIpc) is 2.16. The number of benzene rings is 1. The van der Waals surface area contributed by atoms with Gasteiger partial charge in [-0.05, 0) is 31.5 Å². The van der Waals surface area contributed by atoms with E-state index in [9.17, 15) is 9.18 Å². The minimum atomic E-state index is -1.44. The fraction of sp³-hybridized carbons (Fsp3) is 0.308. The lowest BCUT2D eigenvalue weighted by atomic mass is 9.93. The van der Waals surface area contributed by atoms with Crippen molar-refractivity contribution in [1.29, 1.82) is 0 Å². The summed E-state index contributed by atoms with van der Waals surface area (Å²) < 4.78 is 14.8. The van der Waals surface area contributed by atoms with Crippen molar-refractivity contribution in [3.05, 3.63) is 46.5 Å². The van der Waals surface area contributed by atoms with Crippen LogP contribution in [-0.2, 0) is 5.67 Å². The molecule has 1 nitrogen and oxygen atoms in total. The molecule has 0 spiro atoms. The average molecular weight is 285 g/mol. The Labute approximate surface area is 103 Å². The van der Waals surface area contributed by atoms with Gasteiger partial charge in [0.2, 0.25) is 0 Å². The lowest BCUT2D eigenvalue weighted by Gasteiger charge is -2.19. The van der Waals surface area contributed by atoms with Crippen LogP contribution in [0.5, 0.6) is 0 Å². The number of Topliss-reactive ketones (excluding diaryl/α,β-unsaturated/α-hetero) is 1. The maximum Gasteiger partial charge on any atom is 0.160 e. The van der Waals surface area contributed by atoms with Crippen LogP contribution in [-0.4, -0.2) is 5.78 Å². The van der Waals surface area contributed by atoms with Gasteiger partial charge in [0.15, 0.2) is 5.78 Å². The quantitative estimate of drug-likeness (QED) is 0.591. The number of carbonyl (C=O) groups is 1. The van der Waals surface area contributed by atoms with Gasteiger partial charge >= 0.3 is 0 Å². The maximum atomic E-state index is 14.2. The Balaban J connectivity index is 3.15. The van der Waals surface area contributed by atoms with E-state index in [1.807, 2.05) is 0 Å². The van der Waals surface area contributed by atoms with E-state index < -0.39 is 5.67 Å². The Morgan fingerprint density at radius 2 is 2.25 bits per heavy atom. The molecule has 86 valence electrons. The lowest BCUT2D eigenvalue weighted by Crippen LogP contribution is -2.14. The summed E-state index contributed by atoms with van der Waals surface area (Å²) >= 11 is 3.28. The summed E-state index contributed by atoms with van der Waals surface area (Å²) in [6.45, 7) is 6.52. The van der Waals surface area contributed by atoms with Crippen LogP contribution in [0.3, 0.4) is 0 Å². The van der Waals surface area contributed by atoms with E-state index in [2.05, 4.69) is 22.5 Å². The summed E-state index contributed by atoms with van der Waals surface area (Å²) in [7, 11) is 0. The predicted molar refractivity (Wildman–Crippen MR) is 67.4 cm³/mol. The molecule has 0 fully saturated rings. The number of hydrogen-bond donors (Lipinski definition) is 0. The summed E-state index contributed by atoms with van der Waals surface area (Å²) in [4.78, 5) is 11.2. The number of hydrogen-bond acceptors (Lipinski definition) is 1. The molecule has 16 heavy (non-hydrogen) atoms. The molecule has 0 aliphatic heterocycles. The van der Waals surface area contributed by atoms with Gasteiger partial charge in [0.1, 0.15) is 5.67 Å².